The van der Waals surface area contributed by atoms with Gasteiger partial charge in [0.25, 0.3) is 0 Å². The van der Waals surface area contributed by atoms with Gasteiger partial charge in [-0.1, -0.05) is 12.1 Å². The van der Waals surface area contributed by atoms with Crippen LogP contribution in [0.25, 0.3) is 0 Å². The van der Waals surface area contributed by atoms with Gasteiger partial charge in [-0.05, 0) is 25.2 Å². The van der Waals surface area contributed by atoms with Gasteiger partial charge in [0.2, 0.25) is 5.89 Å². The Morgan fingerprint density at radius 1 is 1.53 bits per heavy atom. The van der Waals surface area contributed by atoms with E-state index < -0.39 is 0 Å². The monoisotopic (exact) mass is 261 g/mol. The van der Waals surface area contributed by atoms with Gasteiger partial charge in [0.1, 0.15) is 0 Å². The summed E-state index contributed by atoms with van der Waals surface area (Å²) in [5.41, 5.74) is 7.06. The van der Waals surface area contributed by atoms with Crippen LogP contribution in [0.3, 0.4) is 0 Å². The Labute approximate surface area is 111 Å². The number of aromatic nitrogens is 4. The lowest BCUT2D eigenvalue weighted by Gasteiger charge is -2.04. The van der Waals surface area contributed by atoms with Gasteiger partial charge in [0.15, 0.2) is 5.82 Å². The molecule has 6 nitrogen and oxygen atoms in total. The van der Waals surface area contributed by atoms with E-state index in [0.717, 1.165) is 30.3 Å². The van der Waals surface area contributed by atoms with Crippen molar-refractivity contribution in [2.75, 3.05) is 0 Å². The van der Waals surface area contributed by atoms with Gasteiger partial charge in [-0.3, -0.25) is 0 Å². The van der Waals surface area contributed by atoms with Crippen LogP contribution >= 0.6 is 0 Å². The largest absolute Gasteiger partial charge is 0.348 e. The van der Waals surface area contributed by atoms with Crippen LogP contribution in [0.5, 0.6) is 0 Å². The summed E-state index contributed by atoms with van der Waals surface area (Å²) in [6, 6.07) is -0.277. The van der Waals surface area contributed by atoms with Gasteiger partial charge in [0.05, 0.1) is 12.4 Å². The minimum Gasteiger partial charge on any atom is -0.348 e. The fourth-order valence-electron chi connectivity index (χ4n) is 2.73. The lowest BCUT2D eigenvalue weighted by atomic mass is 10.1. The Hall–Kier alpha value is -1.69. The van der Waals surface area contributed by atoms with E-state index in [1.165, 1.54) is 6.42 Å². The van der Waals surface area contributed by atoms with E-state index in [-0.39, 0.29) is 6.04 Å². The summed E-state index contributed by atoms with van der Waals surface area (Å²) in [7, 11) is 0. The summed E-state index contributed by atoms with van der Waals surface area (Å²) < 4.78 is 5.30. The van der Waals surface area contributed by atoms with E-state index in [2.05, 4.69) is 27.0 Å². The van der Waals surface area contributed by atoms with Crippen molar-refractivity contribution in [1.82, 2.24) is 20.1 Å². The summed E-state index contributed by atoms with van der Waals surface area (Å²) in [6.07, 6.45) is 7.57. The summed E-state index contributed by atoms with van der Waals surface area (Å²) in [6.45, 7) is 2.27. The van der Waals surface area contributed by atoms with Crippen LogP contribution in [-0.2, 0) is 6.42 Å². The minimum atomic E-state index is -0.277. The molecule has 0 aromatic carbocycles. The molecule has 2 aromatic rings. The molecule has 1 aliphatic rings. The third-order valence-electron chi connectivity index (χ3n) is 3.83. The smallest absolute Gasteiger partial charge is 0.243 e. The van der Waals surface area contributed by atoms with Gasteiger partial charge < -0.3 is 15.2 Å². The minimum absolute atomic E-state index is 0.277. The molecule has 1 aliphatic carbocycles. The van der Waals surface area contributed by atoms with E-state index >= 15 is 0 Å². The first-order chi connectivity index (χ1) is 9.22. The molecule has 2 heterocycles. The van der Waals surface area contributed by atoms with Crippen LogP contribution in [0.15, 0.2) is 17.0 Å². The lowest BCUT2D eigenvalue weighted by molar-refractivity contribution is 0.347. The zero-order chi connectivity index (χ0) is 13.2. The molecule has 0 bridgehead atoms. The van der Waals surface area contributed by atoms with E-state index in [4.69, 9.17) is 10.3 Å². The zero-order valence-corrected chi connectivity index (χ0v) is 11.0. The fourth-order valence-corrected chi connectivity index (χ4v) is 2.73. The summed E-state index contributed by atoms with van der Waals surface area (Å²) >= 11 is 0. The van der Waals surface area contributed by atoms with Crippen LogP contribution in [0.4, 0.5) is 0 Å². The molecule has 3 atom stereocenters. The highest BCUT2D eigenvalue weighted by atomic mass is 16.5. The molecule has 102 valence electrons. The Balaban J connectivity index is 1.67. The second-order valence-electron chi connectivity index (χ2n) is 5.49. The Morgan fingerprint density at radius 2 is 2.42 bits per heavy atom. The van der Waals surface area contributed by atoms with Crippen molar-refractivity contribution >= 4 is 0 Å². The van der Waals surface area contributed by atoms with E-state index in [1.54, 1.807) is 12.5 Å². The van der Waals surface area contributed by atoms with Gasteiger partial charge >= 0.3 is 0 Å². The van der Waals surface area contributed by atoms with E-state index in [0.29, 0.717) is 18.2 Å². The predicted octanol–water partition coefficient (Wildman–Crippen LogP) is 1.94. The standard InChI is InChI=1S/C13H19N5O/c1-8-2-3-9(4-8)12-17-13(19-18-12)11(14)5-10-6-15-7-16-10/h6-9,11H,2-5,14H2,1H3,(H,15,16)/t8?,9?,11-/m0/s1. The first-order valence-electron chi connectivity index (χ1n) is 6.78. The Kier molecular flexibility index (Phi) is 3.33. The average Bonchev–Trinajstić information content (AvgIpc) is 3.07. The molecule has 1 saturated carbocycles. The highest BCUT2D eigenvalue weighted by Crippen LogP contribution is 2.36. The molecule has 3 N–H and O–H groups in total. The topological polar surface area (TPSA) is 93.6 Å². The molecule has 19 heavy (non-hydrogen) atoms. The van der Waals surface area contributed by atoms with Crippen molar-refractivity contribution < 1.29 is 4.52 Å². The number of H-pyrrole nitrogens is 1. The Bertz CT molecular complexity index is 521. The number of aromatic amines is 1. The molecule has 2 aromatic heterocycles. The second kappa shape index (κ2) is 5.13. The number of hydrogen-bond donors (Lipinski definition) is 2. The first-order valence-corrected chi connectivity index (χ1v) is 6.78. The van der Waals surface area contributed by atoms with E-state index in [1.807, 2.05) is 0 Å². The van der Waals surface area contributed by atoms with Gasteiger partial charge in [-0.15, -0.1) is 0 Å². The van der Waals surface area contributed by atoms with Crippen LogP contribution < -0.4 is 5.73 Å². The molecule has 0 saturated heterocycles. The van der Waals surface area contributed by atoms with Crippen molar-refractivity contribution in [3.63, 3.8) is 0 Å². The van der Waals surface area contributed by atoms with Gasteiger partial charge in [-0.25, -0.2) is 4.98 Å². The number of imidazole rings is 1. The van der Waals surface area contributed by atoms with Crippen LogP contribution in [0, 0.1) is 5.92 Å². The maximum absolute atomic E-state index is 6.08. The van der Waals surface area contributed by atoms with Crippen molar-refractivity contribution in [1.29, 1.82) is 0 Å². The number of nitrogens with two attached hydrogens (primary N) is 1. The second-order valence-corrected chi connectivity index (χ2v) is 5.49. The quantitative estimate of drug-likeness (QED) is 0.877. The highest BCUT2D eigenvalue weighted by molar-refractivity contribution is 5.04. The van der Waals surface area contributed by atoms with Crippen LogP contribution in [-0.4, -0.2) is 20.1 Å². The number of rotatable bonds is 4. The van der Waals surface area contributed by atoms with Crippen LogP contribution in [0.1, 0.15) is 55.6 Å². The van der Waals surface area contributed by atoms with E-state index in [9.17, 15) is 0 Å². The van der Waals surface area contributed by atoms with Crippen LogP contribution in [0.2, 0.25) is 0 Å². The maximum Gasteiger partial charge on any atom is 0.243 e. The van der Waals surface area contributed by atoms with Crippen molar-refractivity contribution in [3.05, 3.63) is 29.9 Å². The third kappa shape index (κ3) is 2.68. The molecular formula is C13H19N5O. The summed E-state index contributed by atoms with van der Waals surface area (Å²) in [5.74, 6) is 2.53. The van der Waals surface area contributed by atoms with Crippen molar-refractivity contribution in [2.45, 2.75) is 44.6 Å². The number of nitrogens with zero attached hydrogens (tertiary/aromatic N) is 3. The fraction of sp³-hybridized carbons (Fsp3) is 0.615. The molecule has 0 radical (unpaired) electrons. The summed E-state index contributed by atoms with van der Waals surface area (Å²) in [5, 5.41) is 4.09. The molecule has 2 unspecified atom stereocenters. The average molecular weight is 261 g/mol. The molecule has 1 fully saturated rings. The molecule has 6 heteroatoms. The predicted molar refractivity (Wildman–Crippen MR) is 69.3 cm³/mol. The van der Waals surface area contributed by atoms with Gasteiger partial charge in [0, 0.05) is 24.2 Å². The lowest BCUT2D eigenvalue weighted by Crippen LogP contribution is -2.14. The molecule has 0 spiro atoms. The summed E-state index contributed by atoms with van der Waals surface area (Å²) in [4.78, 5) is 11.5. The molecule has 0 aliphatic heterocycles. The highest BCUT2D eigenvalue weighted by Gasteiger charge is 2.27. The normalized spacial score (nSPS) is 24.7. The van der Waals surface area contributed by atoms with Crippen molar-refractivity contribution in [3.8, 4) is 0 Å². The molecular weight excluding hydrogens is 242 g/mol. The Morgan fingerprint density at radius 3 is 3.11 bits per heavy atom. The zero-order valence-electron chi connectivity index (χ0n) is 11.0. The van der Waals surface area contributed by atoms with Crippen molar-refractivity contribution in [2.24, 2.45) is 11.7 Å². The SMILES string of the molecule is CC1CCC(c2noc([C@@H](N)Cc3cnc[nH]3)n2)C1. The maximum atomic E-state index is 6.08. The first kappa shape index (κ1) is 12.3. The van der Waals surface area contributed by atoms with Gasteiger partial charge in [-0.2, -0.15) is 4.98 Å². The molecule has 3 rings (SSSR count). The number of nitrogens with one attached hydrogen (secondary N) is 1. The number of hydrogen-bond acceptors (Lipinski definition) is 5. The third-order valence-corrected chi connectivity index (χ3v) is 3.83. The molecule has 0 amide bonds.